The van der Waals surface area contributed by atoms with Crippen LogP contribution in [0.5, 0.6) is 0 Å². The predicted molar refractivity (Wildman–Crippen MR) is 161 cm³/mol. The lowest BCUT2D eigenvalue weighted by atomic mass is 9.92. The van der Waals surface area contributed by atoms with Gasteiger partial charge in [0.1, 0.15) is 0 Å². The van der Waals surface area contributed by atoms with Crippen molar-refractivity contribution in [2.45, 2.75) is 0 Å². The largest absolute Gasteiger partial charge is 0.478 e. The maximum Gasteiger partial charge on any atom is 0.335 e. The van der Waals surface area contributed by atoms with Crippen LogP contribution in [0.2, 0.25) is 0 Å². The minimum absolute atomic E-state index is 0.0197. The number of aromatic carboxylic acids is 2. The minimum Gasteiger partial charge on any atom is -0.478 e. The first-order chi connectivity index (χ1) is 20.4. The number of carboxylic acids is 2. The first-order valence-electron chi connectivity index (χ1n) is 13.0. The summed E-state index contributed by atoms with van der Waals surface area (Å²) in [5.74, 6) is 4.28. The van der Waals surface area contributed by atoms with Crippen LogP contribution in [0.4, 0.5) is 0 Å². The fourth-order valence-electron chi connectivity index (χ4n) is 5.25. The van der Waals surface area contributed by atoms with Crippen LogP contribution in [-0.4, -0.2) is 37.1 Å². The van der Waals surface area contributed by atoms with Crippen LogP contribution < -0.4 is 0 Å². The van der Waals surface area contributed by atoms with Crippen LogP contribution in [0.15, 0.2) is 103 Å². The quantitative estimate of drug-likeness (QED) is 0.183. The molecular weight excluding hydrogens is 526 g/mol. The lowest BCUT2D eigenvalue weighted by Crippen LogP contribution is -2.02. The summed E-state index contributed by atoms with van der Waals surface area (Å²) in [5, 5.41) is 26.1. The standard InChI is InChI=1S/C35H19N3O4/c39-34(40)25-13-15-37-29(17-25)31-19-26(35(41)42)18-30(38-31)28-16-20(12-14-36-28)4-5-21-6-7-24-9-8-22-2-1-3-23-10-11-27(21)33(24)32(22)23/h1-3,6-19H,(H,39,40)(H,41,42). The molecule has 3 heterocycles. The molecule has 2 N–H and O–H groups in total. The van der Waals surface area contributed by atoms with Crippen molar-refractivity contribution in [3.8, 4) is 34.6 Å². The van der Waals surface area contributed by atoms with Crippen LogP contribution in [0, 0.1) is 11.8 Å². The number of hydrogen-bond acceptors (Lipinski definition) is 5. The van der Waals surface area contributed by atoms with Crippen molar-refractivity contribution in [3.05, 3.63) is 126 Å². The predicted octanol–water partition coefficient (Wildman–Crippen LogP) is 6.90. The highest BCUT2D eigenvalue weighted by Crippen LogP contribution is 2.35. The second-order valence-corrected chi connectivity index (χ2v) is 9.82. The number of carboxylic acid groups (broad SMARTS) is 2. The molecule has 0 spiro atoms. The number of aromatic nitrogens is 3. The van der Waals surface area contributed by atoms with Crippen LogP contribution in [0.3, 0.4) is 0 Å². The molecule has 0 amide bonds. The lowest BCUT2D eigenvalue weighted by Gasteiger charge is -2.11. The molecular formula is C35H19N3O4. The van der Waals surface area contributed by atoms with Crippen LogP contribution in [0.25, 0.3) is 55.1 Å². The average molecular weight is 546 g/mol. The number of pyridine rings is 3. The van der Waals surface area contributed by atoms with E-state index in [1.807, 2.05) is 6.07 Å². The summed E-state index contributed by atoms with van der Waals surface area (Å²) in [6.45, 7) is 0. The number of hydrogen-bond donors (Lipinski definition) is 2. The van der Waals surface area contributed by atoms with Gasteiger partial charge in [0.15, 0.2) is 0 Å². The molecule has 3 aromatic heterocycles. The monoisotopic (exact) mass is 545 g/mol. The summed E-state index contributed by atoms with van der Waals surface area (Å²) in [5.41, 5.74) is 2.77. The molecule has 0 atom stereocenters. The zero-order valence-corrected chi connectivity index (χ0v) is 21.9. The molecule has 4 aromatic carbocycles. The molecule has 0 saturated carbocycles. The molecule has 0 aliphatic carbocycles. The summed E-state index contributed by atoms with van der Waals surface area (Å²) >= 11 is 0. The van der Waals surface area contributed by atoms with Gasteiger partial charge in [-0.1, -0.05) is 60.4 Å². The maximum atomic E-state index is 11.9. The highest BCUT2D eigenvalue weighted by atomic mass is 16.4. The molecule has 0 aliphatic rings. The number of carbonyl (C=O) groups is 2. The summed E-state index contributed by atoms with van der Waals surface area (Å²) in [7, 11) is 0. The number of benzene rings is 4. The Morgan fingerprint density at radius 3 is 1.88 bits per heavy atom. The molecule has 198 valence electrons. The van der Waals surface area contributed by atoms with Gasteiger partial charge in [0.05, 0.1) is 33.9 Å². The molecule has 7 heteroatoms. The van der Waals surface area contributed by atoms with E-state index in [9.17, 15) is 19.8 Å². The highest BCUT2D eigenvalue weighted by Gasteiger charge is 2.15. The van der Waals surface area contributed by atoms with Gasteiger partial charge in [-0.05, 0) is 74.8 Å². The zero-order chi connectivity index (χ0) is 28.8. The van der Waals surface area contributed by atoms with Crippen molar-refractivity contribution in [1.29, 1.82) is 0 Å². The van der Waals surface area contributed by atoms with Gasteiger partial charge < -0.3 is 10.2 Å². The fourth-order valence-corrected chi connectivity index (χ4v) is 5.25. The highest BCUT2D eigenvalue weighted by molar-refractivity contribution is 6.23. The second-order valence-electron chi connectivity index (χ2n) is 9.82. The van der Waals surface area contributed by atoms with Crippen LogP contribution >= 0.6 is 0 Å². The van der Waals surface area contributed by atoms with Gasteiger partial charge in [0, 0.05) is 23.5 Å². The van der Waals surface area contributed by atoms with E-state index in [-0.39, 0.29) is 22.5 Å². The summed E-state index contributed by atoms with van der Waals surface area (Å²) in [6.07, 6.45) is 2.95. The Balaban J connectivity index is 1.30. The number of nitrogens with zero attached hydrogens (tertiary/aromatic N) is 3. The lowest BCUT2D eigenvalue weighted by molar-refractivity contribution is 0.0686. The number of rotatable bonds is 4. The van der Waals surface area contributed by atoms with Crippen molar-refractivity contribution >= 4 is 44.3 Å². The van der Waals surface area contributed by atoms with E-state index in [4.69, 9.17) is 0 Å². The maximum absolute atomic E-state index is 11.9. The van der Waals surface area contributed by atoms with E-state index in [1.165, 1.54) is 52.0 Å². The Bertz CT molecular complexity index is 2270. The molecule has 0 fully saturated rings. The molecule has 42 heavy (non-hydrogen) atoms. The van der Waals surface area contributed by atoms with E-state index in [1.54, 1.807) is 18.3 Å². The van der Waals surface area contributed by atoms with E-state index < -0.39 is 11.9 Å². The fraction of sp³-hybridized carbons (Fsp3) is 0. The Morgan fingerprint density at radius 1 is 0.571 bits per heavy atom. The van der Waals surface area contributed by atoms with E-state index >= 15 is 0 Å². The Hall–Kier alpha value is -6.13. The van der Waals surface area contributed by atoms with Gasteiger partial charge in [-0.15, -0.1) is 0 Å². The van der Waals surface area contributed by atoms with E-state index in [2.05, 4.69) is 75.3 Å². The smallest absolute Gasteiger partial charge is 0.335 e. The third kappa shape index (κ3) is 4.34. The van der Waals surface area contributed by atoms with Gasteiger partial charge in [-0.3, -0.25) is 9.97 Å². The summed E-state index contributed by atoms with van der Waals surface area (Å²) in [6, 6.07) is 28.0. The van der Waals surface area contributed by atoms with Crippen molar-refractivity contribution in [2.75, 3.05) is 0 Å². The molecule has 0 bridgehead atoms. The molecule has 7 nitrogen and oxygen atoms in total. The van der Waals surface area contributed by atoms with Crippen molar-refractivity contribution in [1.82, 2.24) is 15.0 Å². The normalized spacial score (nSPS) is 11.0. The Labute approximate surface area is 239 Å². The molecule has 0 saturated heterocycles. The first kappa shape index (κ1) is 24.9. The van der Waals surface area contributed by atoms with Crippen molar-refractivity contribution in [3.63, 3.8) is 0 Å². The molecule has 0 radical (unpaired) electrons. The molecule has 0 aliphatic heterocycles. The molecule has 7 aromatic rings. The van der Waals surface area contributed by atoms with Crippen molar-refractivity contribution < 1.29 is 19.8 Å². The van der Waals surface area contributed by atoms with Crippen LogP contribution in [0.1, 0.15) is 31.8 Å². The second kappa shape index (κ2) is 9.81. The van der Waals surface area contributed by atoms with Crippen LogP contribution in [-0.2, 0) is 0 Å². The van der Waals surface area contributed by atoms with Gasteiger partial charge in [-0.2, -0.15) is 0 Å². The van der Waals surface area contributed by atoms with Crippen molar-refractivity contribution in [2.24, 2.45) is 0 Å². The van der Waals surface area contributed by atoms with Gasteiger partial charge in [0.2, 0.25) is 0 Å². The molecule has 0 unspecified atom stereocenters. The zero-order valence-electron chi connectivity index (χ0n) is 21.9. The van der Waals surface area contributed by atoms with E-state index in [0.717, 1.165) is 16.3 Å². The third-order valence-electron chi connectivity index (χ3n) is 7.23. The summed E-state index contributed by atoms with van der Waals surface area (Å²) in [4.78, 5) is 36.6. The third-order valence-corrected chi connectivity index (χ3v) is 7.23. The topological polar surface area (TPSA) is 113 Å². The Morgan fingerprint density at radius 2 is 1.17 bits per heavy atom. The Kier molecular flexibility index (Phi) is 5.81. The SMILES string of the molecule is O=C(O)c1ccnc(-c2cc(C(=O)O)cc(-c3cc(C#Cc4ccc5ccc6cccc7ccc4c5c67)ccn3)n2)c1. The average Bonchev–Trinajstić information content (AvgIpc) is 3.03. The minimum atomic E-state index is -1.15. The van der Waals surface area contributed by atoms with E-state index in [0.29, 0.717) is 17.0 Å². The molecule has 7 rings (SSSR count). The van der Waals surface area contributed by atoms with Gasteiger partial charge in [0.25, 0.3) is 0 Å². The van der Waals surface area contributed by atoms with Gasteiger partial charge in [-0.25, -0.2) is 14.6 Å². The van der Waals surface area contributed by atoms with Gasteiger partial charge >= 0.3 is 11.9 Å². The summed E-state index contributed by atoms with van der Waals surface area (Å²) < 4.78 is 0. The first-order valence-corrected chi connectivity index (χ1v) is 13.0.